The van der Waals surface area contributed by atoms with Crippen LogP contribution in [-0.4, -0.2) is 23.0 Å². The normalized spacial score (nSPS) is 11.5. The van der Waals surface area contributed by atoms with Gasteiger partial charge < -0.3 is 11.1 Å². The number of nitrogens with one attached hydrogen (secondary N) is 1. The van der Waals surface area contributed by atoms with Crippen LogP contribution in [0.25, 0.3) is 0 Å². The quantitative estimate of drug-likeness (QED) is 0.849. The molecule has 0 atom stereocenters. The summed E-state index contributed by atoms with van der Waals surface area (Å²) >= 11 is 19.2. The Morgan fingerprint density at radius 3 is 2.32 bits per heavy atom. The Bertz CT molecular complexity index is 452. The first-order chi connectivity index (χ1) is 8.69. The van der Waals surface area contributed by atoms with E-state index in [0.29, 0.717) is 26.5 Å². The van der Waals surface area contributed by atoms with Gasteiger partial charge in [-0.25, -0.2) is 0 Å². The standard InChI is InChI=1S/C12H15Cl3N2OS/c1-12(2,16)6-19-5-10(18)17-11-8(14)3-7(13)4-9(11)15/h3-4H,5-6,16H2,1-2H3,(H,17,18). The third kappa shape index (κ3) is 6.23. The van der Waals surface area contributed by atoms with Crippen molar-refractivity contribution in [1.29, 1.82) is 0 Å². The molecule has 0 fully saturated rings. The maximum absolute atomic E-state index is 11.8. The van der Waals surface area contributed by atoms with E-state index in [4.69, 9.17) is 40.5 Å². The number of carbonyl (C=O) groups is 1. The highest BCUT2D eigenvalue weighted by molar-refractivity contribution is 8.00. The largest absolute Gasteiger partial charge is 0.325 e. The van der Waals surface area contributed by atoms with Crippen molar-refractivity contribution in [2.75, 3.05) is 16.8 Å². The van der Waals surface area contributed by atoms with Gasteiger partial charge in [0.25, 0.3) is 0 Å². The molecule has 0 unspecified atom stereocenters. The molecule has 7 heteroatoms. The predicted octanol–water partition coefficient (Wildman–Crippen LogP) is 4.06. The molecular formula is C12H15Cl3N2OS. The molecule has 19 heavy (non-hydrogen) atoms. The first kappa shape index (κ1) is 16.9. The summed E-state index contributed by atoms with van der Waals surface area (Å²) in [6.45, 7) is 3.82. The van der Waals surface area contributed by atoms with Gasteiger partial charge in [-0.05, 0) is 26.0 Å². The summed E-state index contributed by atoms with van der Waals surface area (Å²) in [5.41, 5.74) is 5.90. The zero-order valence-corrected chi connectivity index (χ0v) is 13.7. The van der Waals surface area contributed by atoms with Crippen molar-refractivity contribution in [2.45, 2.75) is 19.4 Å². The first-order valence-electron chi connectivity index (χ1n) is 5.50. The van der Waals surface area contributed by atoms with Gasteiger partial charge in [-0.2, -0.15) is 11.8 Å². The highest BCUT2D eigenvalue weighted by atomic mass is 35.5. The van der Waals surface area contributed by atoms with Gasteiger partial charge in [0.2, 0.25) is 5.91 Å². The van der Waals surface area contributed by atoms with E-state index >= 15 is 0 Å². The Kier molecular flexibility index (Phi) is 6.27. The lowest BCUT2D eigenvalue weighted by Gasteiger charge is -2.17. The van der Waals surface area contributed by atoms with Crippen LogP contribution in [0.3, 0.4) is 0 Å². The SMILES string of the molecule is CC(C)(N)CSCC(=O)Nc1c(Cl)cc(Cl)cc1Cl. The third-order valence-corrected chi connectivity index (χ3v) is 4.21. The molecule has 1 aromatic carbocycles. The Hall–Kier alpha value is -0.130. The highest BCUT2D eigenvalue weighted by Crippen LogP contribution is 2.33. The van der Waals surface area contributed by atoms with Gasteiger partial charge in [-0.15, -0.1) is 0 Å². The summed E-state index contributed by atoms with van der Waals surface area (Å²) in [7, 11) is 0. The summed E-state index contributed by atoms with van der Waals surface area (Å²) in [5.74, 6) is 0.790. The highest BCUT2D eigenvalue weighted by Gasteiger charge is 2.14. The summed E-state index contributed by atoms with van der Waals surface area (Å²) in [6, 6.07) is 3.06. The molecule has 0 aromatic heterocycles. The van der Waals surface area contributed by atoms with Crippen molar-refractivity contribution >= 4 is 58.2 Å². The molecular weight excluding hydrogens is 327 g/mol. The monoisotopic (exact) mass is 340 g/mol. The van der Waals surface area contributed by atoms with Crippen LogP contribution in [0.2, 0.25) is 15.1 Å². The van der Waals surface area contributed by atoms with E-state index in [1.165, 1.54) is 23.9 Å². The minimum atomic E-state index is -0.305. The number of hydrogen-bond donors (Lipinski definition) is 2. The van der Waals surface area contributed by atoms with Crippen molar-refractivity contribution in [2.24, 2.45) is 5.73 Å². The zero-order valence-electron chi connectivity index (χ0n) is 10.6. The van der Waals surface area contributed by atoms with Crippen LogP contribution in [-0.2, 0) is 4.79 Å². The molecule has 0 aliphatic carbocycles. The lowest BCUT2D eigenvalue weighted by molar-refractivity contribution is -0.113. The fourth-order valence-corrected chi connectivity index (χ4v) is 3.04. The average molecular weight is 342 g/mol. The number of thioether (sulfide) groups is 1. The average Bonchev–Trinajstić information content (AvgIpc) is 2.21. The molecule has 0 aliphatic rings. The Morgan fingerprint density at radius 2 is 1.84 bits per heavy atom. The van der Waals surface area contributed by atoms with Gasteiger partial charge in [-0.3, -0.25) is 4.79 Å². The number of rotatable bonds is 5. The summed E-state index contributed by atoms with van der Waals surface area (Å²) in [6.07, 6.45) is 0. The fourth-order valence-electron chi connectivity index (χ4n) is 1.24. The van der Waals surface area contributed by atoms with E-state index < -0.39 is 0 Å². The molecule has 1 rings (SSSR count). The number of benzene rings is 1. The number of amides is 1. The van der Waals surface area contributed by atoms with E-state index in [2.05, 4.69) is 5.32 Å². The molecule has 106 valence electrons. The number of nitrogens with two attached hydrogens (primary N) is 1. The zero-order chi connectivity index (χ0) is 14.6. The molecule has 0 aliphatic heterocycles. The van der Waals surface area contributed by atoms with Crippen molar-refractivity contribution < 1.29 is 4.79 Å². The van der Waals surface area contributed by atoms with Crippen LogP contribution in [0.4, 0.5) is 5.69 Å². The first-order valence-corrected chi connectivity index (χ1v) is 7.79. The Labute approximate surface area is 132 Å². The molecule has 3 N–H and O–H groups in total. The molecule has 0 radical (unpaired) electrons. The van der Waals surface area contributed by atoms with Crippen LogP contribution in [0.1, 0.15) is 13.8 Å². The topological polar surface area (TPSA) is 55.1 Å². The van der Waals surface area contributed by atoms with Gasteiger partial charge in [0.15, 0.2) is 0 Å². The number of hydrogen-bond acceptors (Lipinski definition) is 3. The van der Waals surface area contributed by atoms with Crippen LogP contribution < -0.4 is 11.1 Å². The maximum Gasteiger partial charge on any atom is 0.234 e. The molecule has 1 amide bonds. The van der Waals surface area contributed by atoms with Crippen LogP contribution in [0.5, 0.6) is 0 Å². The second kappa shape index (κ2) is 7.04. The van der Waals surface area contributed by atoms with Gasteiger partial charge in [-0.1, -0.05) is 34.8 Å². The van der Waals surface area contributed by atoms with E-state index in [1.807, 2.05) is 13.8 Å². The van der Waals surface area contributed by atoms with Crippen molar-refractivity contribution in [3.8, 4) is 0 Å². The van der Waals surface area contributed by atoms with E-state index in [-0.39, 0.29) is 17.2 Å². The van der Waals surface area contributed by atoms with E-state index in [9.17, 15) is 4.79 Å². The summed E-state index contributed by atoms with van der Waals surface area (Å²) in [5, 5.41) is 3.72. The minimum Gasteiger partial charge on any atom is -0.325 e. The molecule has 1 aromatic rings. The third-order valence-electron chi connectivity index (χ3n) is 1.98. The van der Waals surface area contributed by atoms with Crippen LogP contribution in [0, 0.1) is 0 Å². The lowest BCUT2D eigenvalue weighted by Crippen LogP contribution is -2.35. The van der Waals surface area contributed by atoms with E-state index in [0.717, 1.165) is 0 Å². The molecule has 0 saturated carbocycles. The number of anilines is 1. The van der Waals surface area contributed by atoms with Gasteiger partial charge in [0.1, 0.15) is 0 Å². The predicted molar refractivity (Wildman–Crippen MR) is 85.7 cm³/mol. The fraction of sp³-hybridized carbons (Fsp3) is 0.417. The van der Waals surface area contributed by atoms with Gasteiger partial charge in [0.05, 0.1) is 21.5 Å². The lowest BCUT2D eigenvalue weighted by atomic mass is 10.1. The smallest absolute Gasteiger partial charge is 0.234 e. The second-order valence-electron chi connectivity index (χ2n) is 4.77. The molecule has 0 heterocycles. The summed E-state index contributed by atoms with van der Waals surface area (Å²) in [4.78, 5) is 11.8. The van der Waals surface area contributed by atoms with Gasteiger partial charge >= 0.3 is 0 Å². The molecule has 0 spiro atoms. The van der Waals surface area contributed by atoms with Crippen molar-refractivity contribution in [3.05, 3.63) is 27.2 Å². The Morgan fingerprint density at radius 1 is 1.32 bits per heavy atom. The van der Waals surface area contributed by atoms with E-state index in [1.54, 1.807) is 0 Å². The van der Waals surface area contributed by atoms with Gasteiger partial charge in [0, 0.05) is 16.3 Å². The number of halogens is 3. The summed E-state index contributed by atoms with van der Waals surface area (Å²) < 4.78 is 0. The van der Waals surface area contributed by atoms with Crippen LogP contribution >= 0.6 is 46.6 Å². The number of carbonyl (C=O) groups excluding carboxylic acids is 1. The minimum absolute atomic E-state index is 0.180. The Balaban J connectivity index is 2.58. The van der Waals surface area contributed by atoms with Crippen molar-refractivity contribution in [3.63, 3.8) is 0 Å². The van der Waals surface area contributed by atoms with Crippen LogP contribution in [0.15, 0.2) is 12.1 Å². The molecule has 3 nitrogen and oxygen atoms in total. The molecule has 0 bridgehead atoms. The molecule has 0 saturated heterocycles. The second-order valence-corrected chi connectivity index (χ2v) is 7.01. The van der Waals surface area contributed by atoms with Crippen molar-refractivity contribution in [1.82, 2.24) is 0 Å². The maximum atomic E-state index is 11.8.